The highest BCUT2D eigenvalue weighted by Gasteiger charge is 2.37. The van der Waals surface area contributed by atoms with Crippen molar-refractivity contribution in [3.8, 4) is 0 Å². The van der Waals surface area contributed by atoms with E-state index in [1.807, 2.05) is 0 Å². The van der Waals surface area contributed by atoms with Crippen LogP contribution < -0.4 is 0 Å². The monoisotopic (exact) mass is 453 g/mol. The molecule has 2 aromatic heterocycles. The predicted octanol–water partition coefficient (Wildman–Crippen LogP) is 2.28. The van der Waals surface area contributed by atoms with Gasteiger partial charge in [-0.15, -0.1) is 0 Å². The van der Waals surface area contributed by atoms with Gasteiger partial charge in [-0.3, -0.25) is 4.79 Å². The van der Waals surface area contributed by atoms with Crippen molar-refractivity contribution in [2.75, 3.05) is 19.6 Å². The molecule has 3 aromatic rings. The molecule has 31 heavy (non-hydrogen) atoms. The molecule has 1 amide bonds. The standard InChI is InChI=1S/C19H18F3N5O3S/c1-13-12-25(18(28)16-11-24-26-8-2-7-23-17(16)26)9-10-27(13)31(29,30)15-5-3-14(4-6-15)19(20,21)22/h2-8,11,13H,9-10,12H2,1H3/t13-/m1/s1. The van der Waals surface area contributed by atoms with Crippen molar-refractivity contribution >= 4 is 21.6 Å². The minimum Gasteiger partial charge on any atom is -0.336 e. The van der Waals surface area contributed by atoms with Crippen molar-refractivity contribution in [2.24, 2.45) is 0 Å². The second kappa shape index (κ2) is 7.61. The Balaban J connectivity index is 1.51. The van der Waals surface area contributed by atoms with E-state index in [2.05, 4.69) is 10.1 Å². The number of rotatable bonds is 3. The van der Waals surface area contributed by atoms with E-state index in [0.717, 1.165) is 24.3 Å². The van der Waals surface area contributed by atoms with Crippen LogP contribution in [-0.2, 0) is 16.2 Å². The van der Waals surface area contributed by atoms with Crippen molar-refractivity contribution in [2.45, 2.75) is 24.0 Å². The lowest BCUT2D eigenvalue weighted by atomic mass is 10.2. The molecule has 0 spiro atoms. The number of nitrogens with zero attached hydrogens (tertiary/aromatic N) is 5. The van der Waals surface area contributed by atoms with E-state index >= 15 is 0 Å². The molecule has 0 saturated carbocycles. The number of sulfonamides is 1. The van der Waals surface area contributed by atoms with Gasteiger partial charge in [0.1, 0.15) is 5.56 Å². The third-order valence-corrected chi connectivity index (χ3v) is 7.18. The van der Waals surface area contributed by atoms with E-state index in [-0.39, 0.29) is 30.4 Å². The zero-order chi connectivity index (χ0) is 22.4. The van der Waals surface area contributed by atoms with E-state index < -0.39 is 27.8 Å². The number of hydrogen-bond acceptors (Lipinski definition) is 5. The van der Waals surface area contributed by atoms with E-state index in [1.54, 1.807) is 25.4 Å². The topological polar surface area (TPSA) is 87.9 Å². The number of benzene rings is 1. The summed E-state index contributed by atoms with van der Waals surface area (Å²) in [5.74, 6) is -0.313. The van der Waals surface area contributed by atoms with Crippen LogP contribution in [0.5, 0.6) is 0 Å². The first-order chi connectivity index (χ1) is 14.6. The van der Waals surface area contributed by atoms with Crippen LogP contribution in [0.15, 0.2) is 53.8 Å². The van der Waals surface area contributed by atoms with Crippen LogP contribution in [0, 0.1) is 0 Å². The van der Waals surface area contributed by atoms with Gasteiger partial charge in [-0.05, 0) is 37.3 Å². The Hall–Kier alpha value is -2.99. The molecule has 0 N–H and O–H groups in total. The average molecular weight is 453 g/mol. The quantitative estimate of drug-likeness (QED) is 0.607. The summed E-state index contributed by atoms with van der Waals surface area (Å²) in [4.78, 5) is 18.4. The summed E-state index contributed by atoms with van der Waals surface area (Å²) >= 11 is 0. The van der Waals surface area contributed by atoms with Crippen LogP contribution in [0.2, 0.25) is 0 Å². The SMILES string of the molecule is C[C@@H]1CN(C(=O)c2cnn3cccnc23)CCN1S(=O)(=O)c1ccc(C(F)(F)F)cc1. The Bertz CT molecular complexity index is 1220. The number of carbonyl (C=O) groups excluding carboxylic acids is 1. The Labute approximate surface area is 176 Å². The Morgan fingerprint density at radius 2 is 1.87 bits per heavy atom. The third-order valence-electron chi connectivity index (χ3n) is 5.15. The number of hydrogen-bond donors (Lipinski definition) is 0. The Morgan fingerprint density at radius 1 is 1.16 bits per heavy atom. The maximum absolute atomic E-state index is 13.0. The minimum absolute atomic E-state index is 0.0168. The number of aromatic nitrogens is 3. The fraction of sp³-hybridized carbons (Fsp3) is 0.316. The number of piperazine rings is 1. The molecule has 1 saturated heterocycles. The molecule has 0 bridgehead atoms. The molecule has 1 aliphatic heterocycles. The van der Waals surface area contributed by atoms with Gasteiger partial charge in [0, 0.05) is 38.1 Å². The average Bonchev–Trinajstić information content (AvgIpc) is 3.16. The molecule has 3 heterocycles. The van der Waals surface area contributed by atoms with Crippen molar-refractivity contribution < 1.29 is 26.4 Å². The molecule has 4 rings (SSSR count). The number of amides is 1. The van der Waals surface area contributed by atoms with Gasteiger partial charge < -0.3 is 4.90 Å². The minimum atomic E-state index is -4.55. The Morgan fingerprint density at radius 3 is 2.52 bits per heavy atom. The van der Waals surface area contributed by atoms with Gasteiger partial charge in [-0.2, -0.15) is 22.6 Å². The highest BCUT2D eigenvalue weighted by molar-refractivity contribution is 7.89. The van der Waals surface area contributed by atoms with Gasteiger partial charge in [0.25, 0.3) is 5.91 Å². The molecule has 0 unspecified atom stereocenters. The molecule has 164 valence electrons. The predicted molar refractivity (Wildman–Crippen MR) is 104 cm³/mol. The first-order valence-electron chi connectivity index (χ1n) is 9.36. The summed E-state index contributed by atoms with van der Waals surface area (Å²) in [6, 6.07) is 4.51. The second-order valence-electron chi connectivity index (χ2n) is 7.18. The molecule has 8 nitrogen and oxygen atoms in total. The van der Waals surface area contributed by atoms with E-state index in [4.69, 9.17) is 0 Å². The largest absolute Gasteiger partial charge is 0.416 e. The first kappa shape index (κ1) is 21.2. The van der Waals surface area contributed by atoms with Crippen molar-refractivity contribution in [1.29, 1.82) is 0 Å². The highest BCUT2D eigenvalue weighted by Crippen LogP contribution is 2.31. The van der Waals surface area contributed by atoms with Gasteiger partial charge in [0.05, 0.1) is 16.7 Å². The zero-order valence-electron chi connectivity index (χ0n) is 16.3. The maximum atomic E-state index is 13.0. The fourth-order valence-electron chi connectivity index (χ4n) is 3.58. The second-order valence-corrected chi connectivity index (χ2v) is 9.07. The molecule has 1 fully saturated rings. The highest BCUT2D eigenvalue weighted by atomic mass is 32.2. The van der Waals surface area contributed by atoms with Crippen LogP contribution >= 0.6 is 0 Å². The van der Waals surface area contributed by atoms with Gasteiger partial charge in [-0.1, -0.05) is 0 Å². The summed E-state index contributed by atoms with van der Waals surface area (Å²) in [6.45, 7) is 1.93. The lowest BCUT2D eigenvalue weighted by Crippen LogP contribution is -2.55. The third kappa shape index (κ3) is 3.88. The van der Waals surface area contributed by atoms with Crippen LogP contribution in [0.3, 0.4) is 0 Å². The number of carbonyl (C=O) groups is 1. The first-order valence-corrected chi connectivity index (χ1v) is 10.8. The Kier molecular flexibility index (Phi) is 5.21. The van der Waals surface area contributed by atoms with Crippen molar-refractivity contribution in [3.05, 3.63) is 60.0 Å². The molecule has 0 aliphatic carbocycles. The molecule has 1 atom stereocenters. The lowest BCUT2D eigenvalue weighted by molar-refractivity contribution is -0.137. The van der Waals surface area contributed by atoms with Crippen molar-refractivity contribution in [3.63, 3.8) is 0 Å². The van der Waals surface area contributed by atoms with Crippen LogP contribution in [-0.4, -0.2) is 63.8 Å². The fourth-order valence-corrected chi connectivity index (χ4v) is 5.20. The van der Waals surface area contributed by atoms with E-state index in [1.165, 1.54) is 19.9 Å². The smallest absolute Gasteiger partial charge is 0.336 e. The molecule has 12 heteroatoms. The van der Waals surface area contributed by atoms with Gasteiger partial charge >= 0.3 is 6.18 Å². The van der Waals surface area contributed by atoms with E-state index in [9.17, 15) is 26.4 Å². The molecule has 1 aromatic carbocycles. The molecule has 0 radical (unpaired) electrons. The lowest BCUT2D eigenvalue weighted by Gasteiger charge is -2.38. The van der Waals surface area contributed by atoms with Crippen LogP contribution in [0.1, 0.15) is 22.8 Å². The van der Waals surface area contributed by atoms with Crippen LogP contribution in [0.4, 0.5) is 13.2 Å². The summed E-state index contributed by atoms with van der Waals surface area (Å²) in [6.07, 6.45) is 0.0799. The van der Waals surface area contributed by atoms with Gasteiger partial charge in [0.15, 0.2) is 5.65 Å². The summed E-state index contributed by atoms with van der Waals surface area (Å²) in [5.41, 5.74) is -0.205. The zero-order valence-corrected chi connectivity index (χ0v) is 17.1. The molecular formula is C19H18F3N5O3S. The summed E-state index contributed by atoms with van der Waals surface area (Å²) < 4.78 is 66.9. The normalized spacial score (nSPS) is 18.5. The molecule has 1 aliphatic rings. The maximum Gasteiger partial charge on any atom is 0.416 e. The van der Waals surface area contributed by atoms with E-state index in [0.29, 0.717) is 11.2 Å². The molecular weight excluding hydrogens is 435 g/mol. The number of halogens is 3. The summed E-state index contributed by atoms with van der Waals surface area (Å²) in [7, 11) is -4.01. The van der Waals surface area contributed by atoms with Gasteiger partial charge in [-0.25, -0.2) is 17.9 Å². The van der Waals surface area contributed by atoms with Crippen molar-refractivity contribution in [1.82, 2.24) is 23.8 Å². The number of alkyl halides is 3. The van der Waals surface area contributed by atoms with Crippen LogP contribution in [0.25, 0.3) is 5.65 Å². The number of fused-ring (bicyclic) bond motifs is 1. The summed E-state index contributed by atoms with van der Waals surface area (Å²) in [5, 5.41) is 4.09. The van der Waals surface area contributed by atoms with Gasteiger partial charge in [0.2, 0.25) is 10.0 Å².